The molecule has 0 spiro atoms. The molecule has 0 saturated carbocycles. The highest BCUT2D eigenvalue weighted by Gasteiger charge is 2.19. The molecule has 0 aliphatic rings. The van der Waals surface area contributed by atoms with Crippen LogP contribution in [-0.4, -0.2) is 19.0 Å². The standard InChI is InChI=1S/C13H19BrClN/c1-13(2,10-16-9-3-8-15)11-4-6-12(14)7-5-11/h4-7,16H,3,8-10H2,1-2H3. The van der Waals surface area contributed by atoms with Gasteiger partial charge in [-0.15, -0.1) is 11.6 Å². The van der Waals surface area contributed by atoms with Gasteiger partial charge in [-0.2, -0.15) is 0 Å². The molecule has 0 heterocycles. The van der Waals surface area contributed by atoms with Gasteiger partial charge in [-0.3, -0.25) is 0 Å². The predicted octanol–water partition coefficient (Wildman–Crippen LogP) is 3.95. The smallest absolute Gasteiger partial charge is 0.0235 e. The summed E-state index contributed by atoms with van der Waals surface area (Å²) < 4.78 is 1.13. The average Bonchev–Trinajstić information content (AvgIpc) is 2.25. The highest BCUT2D eigenvalue weighted by Crippen LogP contribution is 2.23. The molecular formula is C13H19BrClN. The molecule has 16 heavy (non-hydrogen) atoms. The Labute approximate surface area is 112 Å². The Morgan fingerprint density at radius 2 is 1.88 bits per heavy atom. The van der Waals surface area contributed by atoms with Crippen LogP contribution in [0.4, 0.5) is 0 Å². The Hall–Kier alpha value is -0.0500. The molecule has 0 aliphatic heterocycles. The van der Waals surface area contributed by atoms with E-state index in [0.717, 1.165) is 29.9 Å². The van der Waals surface area contributed by atoms with Crippen LogP contribution in [0.25, 0.3) is 0 Å². The number of nitrogens with one attached hydrogen (secondary N) is 1. The number of hydrogen-bond acceptors (Lipinski definition) is 1. The lowest BCUT2D eigenvalue weighted by atomic mass is 9.84. The molecule has 0 saturated heterocycles. The van der Waals surface area contributed by atoms with E-state index in [0.29, 0.717) is 0 Å². The minimum absolute atomic E-state index is 0.160. The van der Waals surface area contributed by atoms with E-state index in [4.69, 9.17) is 11.6 Å². The summed E-state index contributed by atoms with van der Waals surface area (Å²) in [5.41, 5.74) is 1.52. The molecule has 90 valence electrons. The van der Waals surface area contributed by atoms with E-state index in [1.165, 1.54) is 5.56 Å². The first-order valence-electron chi connectivity index (χ1n) is 5.59. The largest absolute Gasteiger partial charge is 0.316 e. The van der Waals surface area contributed by atoms with Gasteiger partial charge < -0.3 is 5.32 Å². The van der Waals surface area contributed by atoms with Crippen molar-refractivity contribution in [1.29, 1.82) is 0 Å². The lowest BCUT2D eigenvalue weighted by Crippen LogP contribution is -2.33. The van der Waals surface area contributed by atoms with E-state index in [9.17, 15) is 0 Å². The van der Waals surface area contributed by atoms with Gasteiger partial charge in [0.2, 0.25) is 0 Å². The molecule has 0 fully saturated rings. The van der Waals surface area contributed by atoms with Crippen LogP contribution >= 0.6 is 27.5 Å². The number of alkyl halides is 1. The van der Waals surface area contributed by atoms with E-state index in [1.807, 2.05) is 0 Å². The van der Waals surface area contributed by atoms with Gasteiger partial charge in [-0.05, 0) is 30.7 Å². The zero-order chi connectivity index (χ0) is 12.0. The zero-order valence-electron chi connectivity index (χ0n) is 9.89. The van der Waals surface area contributed by atoms with Gasteiger partial charge in [-0.1, -0.05) is 41.9 Å². The summed E-state index contributed by atoms with van der Waals surface area (Å²) in [7, 11) is 0. The van der Waals surface area contributed by atoms with Crippen LogP contribution in [0.5, 0.6) is 0 Å². The Kier molecular flexibility index (Phi) is 5.81. The fourth-order valence-corrected chi connectivity index (χ4v) is 1.99. The van der Waals surface area contributed by atoms with Gasteiger partial charge in [0.25, 0.3) is 0 Å². The van der Waals surface area contributed by atoms with Crippen molar-refractivity contribution in [3.63, 3.8) is 0 Å². The number of hydrogen-bond donors (Lipinski definition) is 1. The first-order valence-corrected chi connectivity index (χ1v) is 6.92. The topological polar surface area (TPSA) is 12.0 Å². The van der Waals surface area contributed by atoms with Crippen molar-refractivity contribution in [2.24, 2.45) is 0 Å². The SMILES string of the molecule is CC(C)(CNCCCCl)c1ccc(Br)cc1. The first kappa shape index (κ1) is 14.0. The molecule has 0 bridgehead atoms. The summed E-state index contributed by atoms with van der Waals surface area (Å²) in [5.74, 6) is 0.728. The molecule has 0 atom stereocenters. The van der Waals surface area contributed by atoms with Crippen molar-refractivity contribution >= 4 is 27.5 Å². The zero-order valence-corrected chi connectivity index (χ0v) is 12.2. The van der Waals surface area contributed by atoms with Crippen LogP contribution in [0.15, 0.2) is 28.7 Å². The Bertz CT molecular complexity index is 308. The Morgan fingerprint density at radius 3 is 2.44 bits per heavy atom. The van der Waals surface area contributed by atoms with Crippen LogP contribution in [0.2, 0.25) is 0 Å². The molecule has 0 aromatic heterocycles. The van der Waals surface area contributed by atoms with Gasteiger partial charge >= 0.3 is 0 Å². The van der Waals surface area contributed by atoms with Crippen LogP contribution < -0.4 is 5.32 Å². The summed E-state index contributed by atoms with van der Waals surface area (Å²) in [5, 5.41) is 3.44. The predicted molar refractivity (Wildman–Crippen MR) is 75.4 cm³/mol. The van der Waals surface area contributed by atoms with Crippen molar-refractivity contribution in [1.82, 2.24) is 5.32 Å². The van der Waals surface area contributed by atoms with Crippen LogP contribution in [-0.2, 0) is 5.41 Å². The molecule has 1 nitrogen and oxygen atoms in total. The summed E-state index contributed by atoms with van der Waals surface area (Å²) in [6.45, 7) is 6.48. The lowest BCUT2D eigenvalue weighted by molar-refractivity contribution is 0.470. The fraction of sp³-hybridized carbons (Fsp3) is 0.538. The van der Waals surface area contributed by atoms with E-state index < -0.39 is 0 Å². The van der Waals surface area contributed by atoms with E-state index in [2.05, 4.69) is 59.4 Å². The summed E-state index contributed by atoms with van der Waals surface area (Å²) in [6, 6.07) is 8.53. The molecule has 1 aromatic carbocycles. The number of rotatable bonds is 6. The van der Waals surface area contributed by atoms with Gasteiger partial charge in [0, 0.05) is 22.3 Å². The number of benzene rings is 1. The van der Waals surface area contributed by atoms with Crippen molar-refractivity contribution in [3.05, 3.63) is 34.3 Å². The minimum Gasteiger partial charge on any atom is -0.316 e. The lowest BCUT2D eigenvalue weighted by Gasteiger charge is -2.25. The highest BCUT2D eigenvalue weighted by atomic mass is 79.9. The van der Waals surface area contributed by atoms with Gasteiger partial charge in [0.05, 0.1) is 0 Å². The second-order valence-corrected chi connectivity index (χ2v) is 5.90. The second kappa shape index (κ2) is 6.63. The monoisotopic (exact) mass is 303 g/mol. The van der Waals surface area contributed by atoms with Gasteiger partial charge in [0.15, 0.2) is 0 Å². The van der Waals surface area contributed by atoms with E-state index in [1.54, 1.807) is 0 Å². The third-order valence-corrected chi connectivity index (χ3v) is 3.48. The molecule has 1 rings (SSSR count). The Morgan fingerprint density at radius 1 is 1.25 bits per heavy atom. The molecule has 0 unspecified atom stereocenters. The molecule has 0 aliphatic carbocycles. The Balaban J connectivity index is 2.52. The third kappa shape index (κ3) is 4.44. The molecule has 0 amide bonds. The molecular weight excluding hydrogens is 286 g/mol. The number of halogens is 2. The van der Waals surface area contributed by atoms with Crippen molar-refractivity contribution in [2.45, 2.75) is 25.7 Å². The normalized spacial score (nSPS) is 11.8. The molecule has 0 radical (unpaired) electrons. The maximum Gasteiger partial charge on any atom is 0.0235 e. The van der Waals surface area contributed by atoms with Crippen LogP contribution in [0.1, 0.15) is 25.8 Å². The minimum atomic E-state index is 0.160. The molecule has 3 heteroatoms. The van der Waals surface area contributed by atoms with E-state index >= 15 is 0 Å². The van der Waals surface area contributed by atoms with E-state index in [-0.39, 0.29) is 5.41 Å². The second-order valence-electron chi connectivity index (χ2n) is 4.61. The van der Waals surface area contributed by atoms with Crippen LogP contribution in [0.3, 0.4) is 0 Å². The van der Waals surface area contributed by atoms with Crippen molar-refractivity contribution in [2.75, 3.05) is 19.0 Å². The van der Waals surface area contributed by atoms with Gasteiger partial charge in [0.1, 0.15) is 0 Å². The molecule has 1 aromatic rings. The van der Waals surface area contributed by atoms with Crippen LogP contribution in [0, 0.1) is 0 Å². The quantitative estimate of drug-likeness (QED) is 0.620. The van der Waals surface area contributed by atoms with Crippen molar-refractivity contribution in [3.8, 4) is 0 Å². The summed E-state index contributed by atoms with van der Waals surface area (Å²) in [6.07, 6.45) is 1.03. The summed E-state index contributed by atoms with van der Waals surface area (Å²) >= 11 is 9.10. The third-order valence-electron chi connectivity index (χ3n) is 2.68. The maximum absolute atomic E-state index is 5.64. The maximum atomic E-state index is 5.64. The van der Waals surface area contributed by atoms with Gasteiger partial charge in [-0.25, -0.2) is 0 Å². The molecule has 1 N–H and O–H groups in total. The highest BCUT2D eigenvalue weighted by molar-refractivity contribution is 9.10. The summed E-state index contributed by atoms with van der Waals surface area (Å²) in [4.78, 5) is 0. The average molecular weight is 305 g/mol. The van der Waals surface area contributed by atoms with Crippen molar-refractivity contribution < 1.29 is 0 Å². The fourth-order valence-electron chi connectivity index (χ4n) is 1.60. The first-order chi connectivity index (χ1) is 7.56.